The van der Waals surface area contributed by atoms with E-state index in [2.05, 4.69) is 4.98 Å². The van der Waals surface area contributed by atoms with Gasteiger partial charge in [0.05, 0.1) is 7.05 Å². The molecule has 0 aromatic carbocycles. The zero-order valence-electron chi connectivity index (χ0n) is 7.97. The molecule has 0 bridgehead atoms. The lowest BCUT2D eigenvalue weighted by molar-refractivity contribution is 0.0697. The first-order chi connectivity index (χ1) is 6.66. The number of pyridine rings is 1. The fourth-order valence-corrected chi connectivity index (χ4v) is 1.14. The Morgan fingerprint density at radius 2 is 2.43 bits per heavy atom. The monoisotopic (exact) mass is 192 g/mol. The standard InChI is InChI=1S/C10H12N2O2/c1-3-7-12(2)9-8(10(13)14)5-4-6-11-9/h2,4-6H,3,7H2,1H3,(H,13,14). The molecule has 4 nitrogen and oxygen atoms in total. The fraction of sp³-hybridized carbons (Fsp3) is 0.300. The molecule has 0 spiro atoms. The predicted molar refractivity (Wildman–Crippen MR) is 53.1 cm³/mol. The number of aromatic carboxylic acids is 1. The molecule has 0 fully saturated rings. The summed E-state index contributed by atoms with van der Waals surface area (Å²) in [6.07, 6.45) is 2.36. The molecule has 0 unspecified atom stereocenters. The smallest absolute Gasteiger partial charge is 0.339 e. The van der Waals surface area contributed by atoms with Crippen molar-refractivity contribution in [3.8, 4) is 0 Å². The van der Waals surface area contributed by atoms with Crippen molar-refractivity contribution in [3.05, 3.63) is 30.9 Å². The molecule has 1 rings (SSSR count). The summed E-state index contributed by atoms with van der Waals surface area (Å²) in [5.41, 5.74) is 0.128. The number of anilines is 1. The zero-order valence-corrected chi connectivity index (χ0v) is 7.97. The Bertz CT molecular complexity index is 326. The molecule has 1 heterocycles. The minimum Gasteiger partial charge on any atom is -0.478 e. The second-order valence-corrected chi connectivity index (χ2v) is 2.87. The number of aromatic nitrogens is 1. The highest BCUT2D eigenvalue weighted by atomic mass is 16.4. The number of rotatable bonds is 4. The van der Waals surface area contributed by atoms with Crippen molar-refractivity contribution in [2.45, 2.75) is 13.3 Å². The SMILES string of the molecule is [CH]N(CCC)c1ncccc1C(=O)O. The topological polar surface area (TPSA) is 53.4 Å². The van der Waals surface area contributed by atoms with E-state index in [0.717, 1.165) is 6.42 Å². The highest BCUT2D eigenvalue weighted by Gasteiger charge is 2.13. The summed E-state index contributed by atoms with van der Waals surface area (Å²) in [6, 6.07) is 3.06. The third kappa shape index (κ3) is 2.22. The summed E-state index contributed by atoms with van der Waals surface area (Å²) >= 11 is 0. The summed E-state index contributed by atoms with van der Waals surface area (Å²) in [7, 11) is 5.65. The molecule has 0 atom stereocenters. The van der Waals surface area contributed by atoms with E-state index in [0.29, 0.717) is 12.4 Å². The Hall–Kier alpha value is -1.58. The van der Waals surface area contributed by atoms with Crippen molar-refractivity contribution >= 4 is 11.8 Å². The number of carboxylic acids is 1. The maximum atomic E-state index is 10.8. The van der Waals surface area contributed by atoms with Crippen LogP contribution in [0, 0.1) is 7.05 Å². The first-order valence-electron chi connectivity index (χ1n) is 4.37. The maximum Gasteiger partial charge on any atom is 0.339 e. The maximum absolute atomic E-state index is 10.8. The first-order valence-corrected chi connectivity index (χ1v) is 4.37. The third-order valence-corrected chi connectivity index (χ3v) is 1.75. The zero-order chi connectivity index (χ0) is 10.6. The van der Waals surface area contributed by atoms with Gasteiger partial charge in [-0.3, -0.25) is 0 Å². The van der Waals surface area contributed by atoms with E-state index >= 15 is 0 Å². The van der Waals surface area contributed by atoms with Crippen molar-refractivity contribution in [2.24, 2.45) is 0 Å². The lowest BCUT2D eigenvalue weighted by Gasteiger charge is -2.17. The number of nitrogens with zero attached hydrogens (tertiary/aromatic N) is 2. The van der Waals surface area contributed by atoms with Crippen LogP contribution >= 0.6 is 0 Å². The molecule has 1 aromatic heterocycles. The summed E-state index contributed by atoms with van der Waals surface area (Å²) < 4.78 is 0. The number of hydrogen-bond acceptors (Lipinski definition) is 3. The molecule has 14 heavy (non-hydrogen) atoms. The van der Waals surface area contributed by atoms with Gasteiger partial charge in [0.15, 0.2) is 0 Å². The summed E-state index contributed by atoms with van der Waals surface area (Å²) in [6.45, 7) is 2.54. The van der Waals surface area contributed by atoms with Gasteiger partial charge in [-0.1, -0.05) is 6.92 Å². The van der Waals surface area contributed by atoms with Crippen LogP contribution in [0.4, 0.5) is 5.82 Å². The van der Waals surface area contributed by atoms with Gasteiger partial charge in [0, 0.05) is 12.7 Å². The molecule has 0 aliphatic carbocycles. The minimum absolute atomic E-state index is 0.128. The van der Waals surface area contributed by atoms with Gasteiger partial charge in [0.1, 0.15) is 11.4 Å². The molecule has 0 saturated heterocycles. The van der Waals surface area contributed by atoms with Crippen LogP contribution in [0.25, 0.3) is 0 Å². The van der Waals surface area contributed by atoms with Crippen LogP contribution in [0.2, 0.25) is 0 Å². The second-order valence-electron chi connectivity index (χ2n) is 2.87. The van der Waals surface area contributed by atoms with Crippen molar-refractivity contribution < 1.29 is 9.90 Å². The highest BCUT2D eigenvalue weighted by Crippen LogP contribution is 2.16. The van der Waals surface area contributed by atoms with Gasteiger partial charge >= 0.3 is 5.97 Å². The Morgan fingerprint density at radius 3 is 3.00 bits per heavy atom. The Balaban J connectivity index is 3.00. The van der Waals surface area contributed by atoms with Gasteiger partial charge in [-0.15, -0.1) is 0 Å². The number of carbonyl (C=O) groups is 1. The van der Waals surface area contributed by atoms with Crippen molar-refractivity contribution in [3.63, 3.8) is 0 Å². The van der Waals surface area contributed by atoms with Crippen LogP contribution in [0.1, 0.15) is 23.7 Å². The Morgan fingerprint density at radius 1 is 1.71 bits per heavy atom. The summed E-state index contributed by atoms with van der Waals surface area (Å²) in [5, 5.41) is 8.86. The largest absolute Gasteiger partial charge is 0.478 e. The lowest BCUT2D eigenvalue weighted by atomic mass is 10.2. The molecule has 74 valence electrons. The van der Waals surface area contributed by atoms with Gasteiger partial charge in [-0.2, -0.15) is 0 Å². The highest BCUT2D eigenvalue weighted by molar-refractivity contribution is 5.93. The Labute approximate surface area is 83.2 Å². The fourth-order valence-electron chi connectivity index (χ4n) is 1.14. The van der Waals surface area contributed by atoms with Crippen molar-refractivity contribution in [1.29, 1.82) is 0 Å². The van der Waals surface area contributed by atoms with E-state index in [4.69, 9.17) is 12.2 Å². The van der Waals surface area contributed by atoms with Crippen molar-refractivity contribution in [2.75, 3.05) is 11.4 Å². The lowest BCUT2D eigenvalue weighted by Crippen LogP contribution is -2.19. The van der Waals surface area contributed by atoms with Crippen molar-refractivity contribution in [1.82, 2.24) is 4.98 Å². The quantitative estimate of drug-likeness (QED) is 0.737. The van der Waals surface area contributed by atoms with Gasteiger partial charge in [0.2, 0.25) is 0 Å². The van der Waals surface area contributed by atoms with E-state index in [-0.39, 0.29) is 5.56 Å². The van der Waals surface area contributed by atoms with E-state index in [9.17, 15) is 4.79 Å². The molecule has 0 aliphatic heterocycles. The molecular formula is C10H12N2O2. The van der Waals surface area contributed by atoms with E-state index in [1.807, 2.05) is 6.92 Å². The molecular weight excluding hydrogens is 180 g/mol. The van der Waals surface area contributed by atoms with Crippen LogP contribution < -0.4 is 4.90 Å². The second kappa shape index (κ2) is 4.60. The molecule has 1 N–H and O–H groups in total. The minimum atomic E-state index is -1.01. The molecule has 1 aromatic rings. The molecule has 4 heteroatoms. The van der Waals surface area contributed by atoms with Crippen LogP contribution in [-0.4, -0.2) is 22.6 Å². The van der Waals surface area contributed by atoms with Crippen LogP contribution in [0.5, 0.6) is 0 Å². The van der Waals surface area contributed by atoms with Crippen LogP contribution in [-0.2, 0) is 0 Å². The van der Waals surface area contributed by atoms with Gasteiger partial charge in [-0.25, -0.2) is 9.78 Å². The molecule has 0 aliphatic rings. The molecule has 2 radical (unpaired) electrons. The van der Waals surface area contributed by atoms with Gasteiger partial charge in [-0.05, 0) is 18.6 Å². The summed E-state index contributed by atoms with van der Waals surface area (Å²) in [5.74, 6) is -0.707. The Kier molecular flexibility index (Phi) is 3.45. The first kappa shape index (κ1) is 10.5. The number of carboxylic acid groups (broad SMARTS) is 1. The summed E-state index contributed by atoms with van der Waals surface area (Å²) in [4.78, 5) is 16.1. The normalized spacial score (nSPS) is 9.86. The van der Waals surface area contributed by atoms with Gasteiger partial charge < -0.3 is 10.0 Å². The van der Waals surface area contributed by atoms with E-state index < -0.39 is 5.97 Å². The van der Waals surface area contributed by atoms with Crippen LogP contribution in [0.15, 0.2) is 18.3 Å². The molecule has 0 saturated carbocycles. The number of hydrogen-bond donors (Lipinski definition) is 1. The predicted octanol–water partition coefficient (Wildman–Crippen LogP) is 1.66. The van der Waals surface area contributed by atoms with Gasteiger partial charge in [0.25, 0.3) is 0 Å². The third-order valence-electron chi connectivity index (χ3n) is 1.75. The average molecular weight is 192 g/mol. The van der Waals surface area contributed by atoms with E-state index in [1.165, 1.54) is 17.2 Å². The molecule has 0 amide bonds. The average Bonchev–Trinajstić information content (AvgIpc) is 2.18. The van der Waals surface area contributed by atoms with E-state index in [1.54, 1.807) is 6.07 Å². The van der Waals surface area contributed by atoms with Crippen LogP contribution in [0.3, 0.4) is 0 Å².